The Bertz CT molecular complexity index is 630. The number of phenols is 1. The largest absolute Gasteiger partial charge is 0.502 e. The Morgan fingerprint density at radius 1 is 1.27 bits per heavy atom. The molecule has 22 heavy (non-hydrogen) atoms. The summed E-state index contributed by atoms with van der Waals surface area (Å²) in [5.41, 5.74) is 0.691. The molecule has 1 heterocycles. The van der Waals surface area contributed by atoms with Gasteiger partial charge >= 0.3 is 0 Å². The molecule has 0 aliphatic carbocycles. The summed E-state index contributed by atoms with van der Waals surface area (Å²) >= 11 is 6.50. The summed E-state index contributed by atoms with van der Waals surface area (Å²) in [7, 11) is 2.91. The third-order valence-corrected chi connectivity index (χ3v) is 4.47. The van der Waals surface area contributed by atoms with E-state index in [1.165, 1.54) is 26.0 Å². The minimum atomic E-state index is -0.115. The predicted molar refractivity (Wildman–Crippen MR) is 91.4 cm³/mol. The van der Waals surface area contributed by atoms with Crippen molar-refractivity contribution in [3.05, 3.63) is 22.6 Å². The molecule has 1 saturated heterocycles. The number of hydrogen-bond acceptors (Lipinski definition) is 6. The summed E-state index contributed by atoms with van der Waals surface area (Å²) in [6.45, 7) is 3.83. The number of phenolic OH excluding ortho intramolecular Hbond substituents is 1. The van der Waals surface area contributed by atoms with E-state index >= 15 is 0 Å². The van der Waals surface area contributed by atoms with Crippen LogP contribution in [0, 0.1) is 0 Å². The first-order valence-corrected chi connectivity index (χ1v) is 7.83. The first-order valence-electron chi connectivity index (χ1n) is 6.61. The van der Waals surface area contributed by atoms with Crippen molar-refractivity contribution >= 4 is 40.3 Å². The second kappa shape index (κ2) is 6.58. The van der Waals surface area contributed by atoms with Crippen molar-refractivity contribution in [1.82, 2.24) is 4.90 Å². The Balaban J connectivity index is 2.42. The van der Waals surface area contributed by atoms with Crippen LogP contribution in [0.1, 0.15) is 19.4 Å². The number of rotatable bonds is 4. The van der Waals surface area contributed by atoms with Gasteiger partial charge in [0.05, 0.1) is 19.1 Å². The molecular weight excluding hydrogens is 322 g/mol. The van der Waals surface area contributed by atoms with Crippen LogP contribution in [0.25, 0.3) is 6.08 Å². The fraction of sp³-hybridized carbons (Fsp3) is 0.333. The van der Waals surface area contributed by atoms with Crippen molar-refractivity contribution < 1.29 is 19.4 Å². The lowest BCUT2D eigenvalue weighted by molar-refractivity contribution is -0.123. The van der Waals surface area contributed by atoms with E-state index in [9.17, 15) is 9.90 Å². The molecule has 118 valence electrons. The normalized spacial score (nSPS) is 16.8. The van der Waals surface area contributed by atoms with E-state index in [4.69, 9.17) is 21.7 Å². The van der Waals surface area contributed by atoms with Gasteiger partial charge in [-0.2, -0.15) is 0 Å². The molecule has 0 saturated carbocycles. The number of hydrogen-bond donors (Lipinski definition) is 1. The Morgan fingerprint density at radius 2 is 1.82 bits per heavy atom. The summed E-state index contributed by atoms with van der Waals surface area (Å²) < 4.78 is 10.8. The summed E-state index contributed by atoms with van der Waals surface area (Å²) in [5, 5.41) is 9.91. The van der Waals surface area contributed by atoms with Crippen LogP contribution >= 0.6 is 24.0 Å². The average molecular weight is 339 g/mol. The zero-order valence-corrected chi connectivity index (χ0v) is 14.4. The van der Waals surface area contributed by atoms with E-state index in [0.29, 0.717) is 14.8 Å². The standard InChI is InChI=1S/C15H17NO4S2/c1-8(2)16-14(18)12(22-15(16)21)7-9-5-10(19-3)13(17)11(6-9)20-4/h5-8,17H,1-4H3/b12-7-. The zero-order valence-electron chi connectivity index (χ0n) is 12.7. The first kappa shape index (κ1) is 16.6. The van der Waals surface area contributed by atoms with Crippen LogP contribution in [-0.4, -0.2) is 40.5 Å². The Hall–Kier alpha value is -1.73. The Morgan fingerprint density at radius 3 is 2.23 bits per heavy atom. The van der Waals surface area contributed by atoms with Crippen molar-refractivity contribution in [2.45, 2.75) is 19.9 Å². The van der Waals surface area contributed by atoms with Crippen LogP contribution in [0.4, 0.5) is 0 Å². The summed E-state index contributed by atoms with van der Waals surface area (Å²) in [6, 6.07) is 3.29. The molecule has 1 aromatic rings. The molecule has 0 radical (unpaired) electrons. The highest BCUT2D eigenvalue weighted by molar-refractivity contribution is 8.26. The quantitative estimate of drug-likeness (QED) is 0.672. The topological polar surface area (TPSA) is 59.0 Å². The van der Waals surface area contributed by atoms with E-state index in [2.05, 4.69) is 0 Å². The third kappa shape index (κ3) is 3.05. The molecule has 7 heteroatoms. The molecule has 1 aliphatic rings. The third-order valence-electron chi connectivity index (χ3n) is 3.14. The van der Waals surface area contributed by atoms with Gasteiger partial charge in [0, 0.05) is 6.04 Å². The molecule has 1 aliphatic heterocycles. The van der Waals surface area contributed by atoms with E-state index in [1.807, 2.05) is 13.8 Å². The molecule has 5 nitrogen and oxygen atoms in total. The van der Waals surface area contributed by atoms with Crippen LogP contribution in [0.5, 0.6) is 17.2 Å². The SMILES string of the molecule is COc1cc(/C=C2\SC(=S)N(C(C)C)C2=O)cc(OC)c1O. The number of methoxy groups -OCH3 is 2. The van der Waals surface area contributed by atoms with Gasteiger partial charge in [-0.05, 0) is 37.6 Å². The fourth-order valence-corrected chi connectivity index (χ4v) is 3.60. The van der Waals surface area contributed by atoms with Crippen LogP contribution < -0.4 is 9.47 Å². The molecular formula is C15H17NO4S2. The number of thiocarbonyl (C=S) groups is 1. The van der Waals surface area contributed by atoms with Gasteiger partial charge in [0.1, 0.15) is 4.32 Å². The van der Waals surface area contributed by atoms with Gasteiger partial charge in [-0.1, -0.05) is 24.0 Å². The van der Waals surface area contributed by atoms with Crippen LogP contribution in [0.15, 0.2) is 17.0 Å². The smallest absolute Gasteiger partial charge is 0.266 e. The average Bonchev–Trinajstić information content (AvgIpc) is 2.74. The molecule has 1 N–H and O–H groups in total. The summed E-state index contributed by atoms with van der Waals surface area (Å²) in [6.07, 6.45) is 1.71. The highest BCUT2D eigenvalue weighted by atomic mass is 32.2. The molecule has 0 atom stereocenters. The first-order chi connectivity index (χ1) is 10.4. The number of carbonyl (C=O) groups is 1. The Labute approximate surface area is 138 Å². The molecule has 0 aromatic heterocycles. The van der Waals surface area contributed by atoms with Crippen molar-refractivity contribution in [1.29, 1.82) is 0 Å². The molecule has 2 rings (SSSR count). The molecule has 1 aromatic carbocycles. The summed E-state index contributed by atoms with van der Waals surface area (Å²) in [4.78, 5) is 14.5. The lowest BCUT2D eigenvalue weighted by Crippen LogP contribution is -2.34. The van der Waals surface area contributed by atoms with Crippen LogP contribution in [0.3, 0.4) is 0 Å². The van der Waals surface area contributed by atoms with E-state index in [-0.39, 0.29) is 29.2 Å². The maximum Gasteiger partial charge on any atom is 0.266 e. The highest BCUT2D eigenvalue weighted by Gasteiger charge is 2.33. The fourth-order valence-electron chi connectivity index (χ4n) is 2.07. The highest BCUT2D eigenvalue weighted by Crippen LogP contribution is 2.39. The molecule has 0 spiro atoms. The number of amides is 1. The minimum Gasteiger partial charge on any atom is -0.502 e. The van der Waals surface area contributed by atoms with Crippen LogP contribution in [-0.2, 0) is 4.79 Å². The van der Waals surface area contributed by atoms with Crippen molar-refractivity contribution in [2.24, 2.45) is 0 Å². The van der Waals surface area contributed by atoms with Crippen molar-refractivity contribution in [2.75, 3.05) is 14.2 Å². The van der Waals surface area contributed by atoms with Gasteiger partial charge in [-0.15, -0.1) is 0 Å². The van der Waals surface area contributed by atoms with Crippen molar-refractivity contribution in [3.63, 3.8) is 0 Å². The number of aromatic hydroxyl groups is 1. The molecule has 1 fully saturated rings. The van der Waals surface area contributed by atoms with E-state index < -0.39 is 0 Å². The van der Waals surface area contributed by atoms with E-state index in [0.717, 1.165) is 0 Å². The zero-order chi connectivity index (χ0) is 16.4. The lowest BCUT2D eigenvalue weighted by Gasteiger charge is -2.18. The molecule has 1 amide bonds. The van der Waals surface area contributed by atoms with Gasteiger partial charge in [0.25, 0.3) is 5.91 Å². The Kier molecular flexibility index (Phi) is 4.97. The number of benzene rings is 1. The monoisotopic (exact) mass is 339 g/mol. The van der Waals surface area contributed by atoms with Gasteiger partial charge in [0.15, 0.2) is 11.5 Å². The number of carbonyl (C=O) groups excluding carboxylic acids is 1. The second-order valence-corrected chi connectivity index (χ2v) is 6.60. The molecule has 0 unspecified atom stereocenters. The van der Waals surface area contributed by atoms with E-state index in [1.54, 1.807) is 23.1 Å². The maximum atomic E-state index is 12.4. The van der Waals surface area contributed by atoms with Crippen LogP contribution in [0.2, 0.25) is 0 Å². The van der Waals surface area contributed by atoms with Gasteiger partial charge < -0.3 is 14.6 Å². The van der Waals surface area contributed by atoms with Gasteiger partial charge in [-0.25, -0.2) is 0 Å². The second-order valence-electron chi connectivity index (χ2n) is 4.92. The summed E-state index contributed by atoms with van der Waals surface area (Å²) in [5.74, 6) is 0.378. The van der Waals surface area contributed by atoms with Crippen molar-refractivity contribution in [3.8, 4) is 17.2 Å². The number of nitrogens with zero attached hydrogens (tertiary/aromatic N) is 1. The maximum absolute atomic E-state index is 12.4. The van der Waals surface area contributed by atoms with Gasteiger partial charge in [-0.3, -0.25) is 9.69 Å². The number of thioether (sulfide) groups is 1. The van der Waals surface area contributed by atoms with Gasteiger partial charge in [0.2, 0.25) is 5.75 Å². The minimum absolute atomic E-state index is 0.0160. The predicted octanol–water partition coefficient (Wildman–Crippen LogP) is 3.02. The molecule has 0 bridgehead atoms. The lowest BCUT2D eigenvalue weighted by atomic mass is 10.1. The number of ether oxygens (including phenoxy) is 2.